The number of likely N-dealkylation sites (tertiary alicyclic amines) is 1. The number of hydrogen-bond donors (Lipinski definition) is 1. The van der Waals surface area contributed by atoms with E-state index >= 15 is 0 Å². The van der Waals surface area contributed by atoms with Crippen LogP contribution in [0.2, 0.25) is 5.02 Å². The Labute approximate surface area is 133 Å². The number of rotatable bonds is 5. The van der Waals surface area contributed by atoms with Crippen molar-refractivity contribution in [2.75, 3.05) is 13.1 Å². The van der Waals surface area contributed by atoms with Crippen LogP contribution in [0.4, 0.5) is 0 Å². The molecule has 118 valence electrons. The highest BCUT2D eigenvalue weighted by atomic mass is 35.5. The van der Waals surface area contributed by atoms with Gasteiger partial charge in [0, 0.05) is 36.0 Å². The lowest BCUT2D eigenvalue weighted by molar-refractivity contribution is -0.141. The van der Waals surface area contributed by atoms with E-state index in [1.807, 2.05) is 0 Å². The second-order valence-electron chi connectivity index (χ2n) is 5.42. The van der Waals surface area contributed by atoms with Gasteiger partial charge in [0.25, 0.3) is 0 Å². The van der Waals surface area contributed by atoms with Crippen LogP contribution in [0.15, 0.2) is 24.3 Å². The Bertz CT molecular complexity index is 562. The highest BCUT2D eigenvalue weighted by molar-refractivity contribution is 6.30. The summed E-state index contributed by atoms with van der Waals surface area (Å²) >= 11 is 5.81. The van der Waals surface area contributed by atoms with Crippen LogP contribution in [-0.2, 0) is 9.59 Å². The number of piperidine rings is 1. The molecule has 5 nitrogen and oxygen atoms in total. The van der Waals surface area contributed by atoms with Crippen LogP contribution < -0.4 is 0 Å². The maximum Gasteiger partial charge on any atom is 0.303 e. The van der Waals surface area contributed by atoms with Crippen LogP contribution in [0, 0.1) is 5.92 Å². The fourth-order valence-electron chi connectivity index (χ4n) is 2.61. The number of halogens is 1. The Morgan fingerprint density at radius 1 is 1.09 bits per heavy atom. The quantitative estimate of drug-likeness (QED) is 0.845. The van der Waals surface area contributed by atoms with Crippen molar-refractivity contribution < 1.29 is 19.5 Å². The molecule has 22 heavy (non-hydrogen) atoms. The Morgan fingerprint density at radius 3 is 2.23 bits per heavy atom. The van der Waals surface area contributed by atoms with E-state index in [1.165, 1.54) is 0 Å². The molecule has 1 aromatic rings. The predicted octanol–water partition coefficient (Wildman–Crippen LogP) is 2.63. The van der Waals surface area contributed by atoms with Gasteiger partial charge < -0.3 is 10.0 Å². The van der Waals surface area contributed by atoms with Gasteiger partial charge in [-0.3, -0.25) is 14.4 Å². The largest absolute Gasteiger partial charge is 0.481 e. The molecular formula is C16H18ClNO4. The fourth-order valence-corrected chi connectivity index (χ4v) is 2.74. The summed E-state index contributed by atoms with van der Waals surface area (Å²) in [5.74, 6) is -1.14. The Hall–Kier alpha value is -1.88. The second kappa shape index (κ2) is 7.40. The van der Waals surface area contributed by atoms with E-state index in [1.54, 1.807) is 29.2 Å². The summed E-state index contributed by atoms with van der Waals surface area (Å²) in [5, 5.41) is 9.19. The molecule has 1 amide bonds. The number of Topliss-reactive ketones (excluding diaryl/α,β-unsaturated/α-hetero) is 1. The highest BCUT2D eigenvalue weighted by Gasteiger charge is 2.27. The van der Waals surface area contributed by atoms with E-state index in [4.69, 9.17) is 16.7 Å². The van der Waals surface area contributed by atoms with E-state index in [-0.39, 0.29) is 30.4 Å². The molecule has 1 saturated heterocycles. The van der Waals surface area contributed by atoms with Gasteiger partial charge in [0.15, 0.2) is 5.78 Å². The van der Waals surface area contributed by atoms with E-state index in [0.717, 1.165) is 0 Å². The molecule has 0 aliphatic carbocycles. The standard InChI is InChI=1S/C16H18ClNO4/c17-13-3-1-11(2-4-13)16(22)12-7-9-18(10-8-12)14(19)5-6-15(20)21/h1-4,12H,5-10H2,(H,20,21). The first-order chi connectivity index (χ1) is 10.5. The fraction of sp³-hybridized carbons (Fsp3) is 0.438. The molecule has 0 atom stereocenters. The SMILES string of the molecule is O=C(O)CCC(=O)N1CCC(C(=O)c2ccc(Cl)cc2)CC1. The molecule has 0 spiro atoms. The van der Waals surface area contributed by atoms with Gasteiger partial charge >= 0.3 is 5.97 Å². The molecule has 1 aliphatic heterocycles. The number of amides is 1. The average molecular weight is 324 g/mol. The number of carboxylic acid groups (broad SMARTS) is 1. The van der Waals surface area contributed by atoms with Crippen LogP contribution in [-0.4, -0.2) is 40.8 Å². The molecule has 0 bridgehead atoms. The van der Waals surface area contributed by atoms with E-state index in [0.29, 0.717) is 36.5 Å². The summed E-state index contributed by atoms with van der Waals surface area (Å²) in [4.78, 5) is 36.4. The predicted molar refractivity (Wildman–Crippen MR) is 82.0 cm³/mol. The maximum absolute atomic E-state index is 12.4. The molecule has 2 rings (SSSR count). The summed E-state index contributed by atoms with van der Waals surface area (Å²) in [5.41, 5.74) is 0.639. The third-order valence-corrected chi connectivity index (χ3v) is 4.15. The van der Waals surface area contributed by atoms with Gasteiger partial charge in [-0.15, -0.1) is 0 Å². The topological polar surface area (TPSA) is 74.7 Å². The van der Waals surface area contributed by atoms with Crippen molar-refractivity contribution in [1.82, 2.24) is 4.90 Å². The average Bonchev–Trinajstić information content (AvgIpc) is 2.53. The minimum Gasteiger partial charge on any atom is -0.481 e. The number of ketones is 1. The molecule has 1 aliphatic rings. The Kier molecular flexibility index (Phi) is 5.55. The van der Waals surface area contributed by atoms with Gasteiger partial charge in [-0.1, -0.05) is 11.6 Å². The van der Waals surface area contributed by atoms with Crippen molar-refractivity contribution in [3.05, 3.63) is 34.9 Å². The molecule has 6 heteroatoms. The molecule has 1 heterocycles. The van der Waals surface area contributed by atoms with E-state index in [2.05, 4.69) is 0 Å². The van der Waals surface area contributed by atoms with Crippen LogP contribution >= 0.6 is 11.6 Å². The molecule has 0 aromatic heterocycles. The third-order valence-electron chi connectivity index (χ3n) is 3.90. The first-order valence-electron chi connectivity index (χ1n) is 7.26. The molecular weight excluding hydrogens is 306 g/mol. The molecule has 0 unspecified atom stereocenters. The molecule has 0 saturated carbocycles. The van der Waals surface area contributed by atoms with Crippen molar-refractivity contribution in [3.8, 4) is 0 Å². The number of carboxylic acids is 1. The summed E-state index contributed by atoms with van der Waals surface area (Å²) in [6, 6.07) is 6.82. The number of hydrogen-bond acceptors (Lipinski definition) is 3. The van der Waals surface area contributed by atoms with Gasteiger partial charge in [-0.25, -0.2) is 0 Å². The van der Waals surface area contributed by atoms with Gasteiger partial charge in [0.1, 0.15) is 0 Å². The minimum atomic E-state index is -0.971. The van der Waals surface area contributed by atoms with Crippen molar-refractivity contribution in [1.29, 1.82) is 0 Å². The Morgan fingerprint density at radius 2 is 1.68 bits per heavy atom. The zero-order valence-corrected chi connectivity index (χ0v) is 12.9. The monoisotopic (exact) mass is 323 g/mol. The number of carbonyl (C=O) groups excluding carboxylic acids is 2. The molecule has 1 N–H and O–H groups in total. The zero-order valence-electron chi connectivity index (χ0n) is 12.1. The van der Waals surface area contributed by atoms with Crippen molar-refractivity contribution in [3.63, 3.8) is 0 Å². The van der Waals surface area contributed by atoms with E-state index in [9.17, 15) is 14.4 Å². The maximum atomic E-state index is 12.4. The third kappa shape index (κ3) is 4.31. The first-order valence-corrected chi connectivity index (χ1v) is 7.64. The number of aliphatic carboxylic acids is 1. The van der Waals surface area contributed by atoms with Gasteiger partial charge in [0.2, 0.25) is 5.91 Å². The van der Waals surface area contributed by atoms with Crippen molar-refractivity contribution >= 4 is 29.3 Å². The van der Waals surface area contributed by atoms with Gasteiger partial charge in [0.05, 0.1) is 6.42 Å². The van der Waals surface area contributed by atoms with Crippen molar-refractivity contribution in [2.45, 2.75) is 25.7 Å². The van der Waals surface area contributed by atoms with Crippen LogP contribution in [0.5, 0.6) is 0 Å². The Balaban J connectivity index is 1.86. The number of carbonyl (C=O) groups is 3. The van der Waals surface area contributed by atoms with Crippen LogP contribution in [0.25, 0.3) is 0 Å². The normalized spacial score (nSPS) is 15.6. The lowest BCUT2D eigenvalue weighted by atomic mass is 9.89. The summed E-state index contributed by atoms with van der Waals surface area (Å²) in [6.45, 7) is 1.00. The van der Waals surface area contributed by atoms with Crippen molar-refractivity contribution in [2.24, 2.45) is 5.92 Å². The lowest BCUT2D eigenvalue weighted by Gasteiger charge is -2.31. The highest BCUT2D eigenvalue weighted by Crippen LogP contribution is 2.23. The lowest BCUT2D eigenvalue weighted by Crippen LogP contribution is -2.40. The molecule has 1 aromatic carbocycles. The molecule has 1 fully saturated rings. The number of nitrogens with zero attached hydrogens (tertiary/aromatic N) is 1. The summed E-state index contributed by atoms with van der Waals surface area (Å²) in [6.07, 6.45) is 1.09. The van der Waals surface area contributed by atoms with Crippen LogP contribution in [0.1, 0.15) is 36.0 Å². The first kappa shape index (κ1) is 16.5. The second-order valence-corrected chi connectivity index (χ2v) is 5.86. The van der Waals surface area contributed by atoms with E-state index < -0.39 is 5.97 Å². The number of benzene rings is 1. The van der Waals surface area contributed by atoms with Gasteiger partial charge in [-0.2, -0.15) is 0 Å². The summed E-state index contributed by atoms with van der Waals surface area (Å²) in [7, 11) is 0. The zero-order chi connectivity index (χ0) is 16.1. The van der Waals surface area contributed by atoms with Crippen LogP contribution in [0.3, 0.4) is 0 Å². The van der Waals surface area contributed by atoms with Gasteiger partial charge in [-0.05, 0) is 37.1 Å². The summed E-state index contributed by atoms with van der Waals surface area (Å²) < 4.78 is 0. The minimum absolute atomic E-state index is 0.0190. The smallest absolute Gasteiger partial charge is 0.303 e. The molecule has 0 radical (unpaired) electrons.